The maximum Gasteiger partial charge on any atom is 0.0256 e. The van der Waals surface area contributed by atoms with E-state index < -0.39 is 0 Å². The number of hydrogen-bond acceptors (Lipinski definition) is 1. The molecular weight excluding hydrogens is 266 g/mol. The number of nitrogens with two attached hydrogens (primary N) is 1. The van der Waals surface area contributed by atoms with Crippen LogP contribution >= 0.6 is 0 Å². The van der Waals surface area contributed by atoms with Crippen molar-refractivity contribution < 1.29 is 0 Å². The number of allylic oxidation sites excluding steroid dienone is 1. The number of terminal acetylenes is 1. The van der Waals surface area contributed by atoms with Crippen LogP contribution in [-0.4, -0.2) is 6.04 Å². The monoisotopic (exact) mass is 297 g/mol. The molecule has 0 aromatic carbocycles. The van der Waals surface area contributed by atoms with Crippen LogP contribution in [0, 0.1) is 46.8 Å². The fourth-order valence-corrected chi connectivity index (χ4v) is 6.96. The minimum Gasteiger partial charge on any atom is -0.327 e. The Labute approximate surface area is 136 Å². The van der Waals surface area contributed by atoms with Crippen molar-refractivity contribution in [2.45, 2.75) is 71.3 Å². The highest BCUT2D eigenvalue weighted by Crippen LogP contribution is 2.65. The third-order valence-electron chi connectivity index (χ3n) is 8.34. The molecule has 0 heterocycles. The van der Waals surface area contributed by atoms with E-state index in [-0.39, 0.29) is 0 Å². The van der Waals surface area contributed by atoms with Gasteiger partial charge >= 0.3 is 0 Å². The molecular formula is C21H31N. The molecule has 7 atom stereocenters. The van der Waals surface area contributed by atoms with Crippen LogP contribution in [0.25, 0.3) is 0 Å². The zero-order valence-corrected chi connectivity index (χ0v) is 14.3. The van der Waals surface area contributed by atoms with Crippen molar-refractivity contribution in [3.05, 3.63) is 11.6 Å². The standard InChI is InChI=1S/C21H31N/c1-4-14-6-8-18-17-7-5-15-13-16(22)9-11-21(15,3)19(17)10-12-20(14,18)2/h1,5,14,16-19H,6-13,22H2,2-3H3/t14-,16+,17?,18?,19?,20+,21-/m0/s1. The van der Waals surface area contributed by atoms with Gasteiger partial charge in [-0.3, -0.25) is 0 Å². The van der Waals surface area contributed by atoms with Gasteiger partial charge in [0, 0.05) is 12.0 Å². The lowest BCUT2D eigenvalue weighted by Crippen LogP contribution is -2.50. The Morgan fingerprint density at radius 2 is 1.95 bits per heavy atom. The quantitative estimate of drug-likeness (QED) is 0.516. The van der Waals surface area contributed by atoms with Crippen LogP contribution in [0.5, 0.6) is 0 Å². The predicted molar refractivity (Wildman–Crippen MR) is 92.0 cm³/mol. The first kappa shape index (κ1) is 14.8. The molecule has 4 aliphatic carbocycles. The van der Waals surface area contributed by atoms with Crippen molar-refractivity contribution in [2.24, 2.45) is 40.2 Å². The summed E-state index contributed by atoms with van der Waals surface area (Å²) in [5, 5.41) is 0. The maximum atomic E-state index is 6.25. The van der Waals surface area contributed by atoms with Crippen molar-refractivity contribution in [1.82, 2.24) is 0 Å². The van der Waals surface area contributed by atoms with E-state index in [0.29, 0.717) is 22.8 Å². The molecule has 3 saturated carbocycles. The van der Waals surface area contributed by atoms with Crippen molar-refractivity contribution in [2.75, 3.05) is 0 Å². The van der Waals surface area contributed by atoms with E-state index in [4.69, 9.17) is 12.2 Å². The first-order valence-electron chi connectivity index (χ1n) is 9.40. The molecule has 120 valence electrons. The van der Waals surface area contributed by atoms with Gasteiger partial charge in [-0.15, -0.1) is 12.3 Å². The minimum absolute atomic E-state index is 0.405. The number of hydrogen-bond donors (Lipinski definition) is 1. The van der Waals surface area contributed by atoms with E-state index >= 15 is 0 Å². The second-order valence-electron chi connectivity index (χ2n) is 9.10. The molecule has 0 saturated heterocycles. The summed E-state index contributed by atoms with van der Waals surface area (Å²) in [6.07, 6.45) is 18.8. The zero-order valence-electron chi connectivity index (χ0n) is 14.3. The van der Waals surface area contributed by atoms with Gasteiger partial charge in [0.1, 0.15) is 0 Å². The van der Waals surface area contributed by atoms with Crippen molar-refractivity contribution in [3.63, 3.8) is 0 Å². The van der Waals surface area contributed by atoms with E-state index in [1.54, 1.807) is 5.57 Å². The summed E-state index contributed by atoms with van der Waals surface area (Å²) in [5.41, 5.74) is 8.80. The zero-order chi connectivity index (χ0) is 15.5. The van der Waals surface area contributed by atoms with Gasteiger partial charge in [0.05, 0.1) is 0 Å². The van der Waals surface area contributed by atoms with Gasteiger partial charge < -0.3 is 5.73 Å². The van der Waals surface area contributed by atoms with Gasteiger partial charge in [-0.1, -0.05) is 25.5 Å². The summed E-state index contributed by atoms with van der Waals surface area (Å²) in [5.74, 6) is 6.28. The largest absolute Gasteiger partial charge is 0.327 e. The highest BCUT2D eigenvalue weighted by atomic mass is 14.7. The Balaban J connectivity index is 1.67. The fourth-order valence-electron chi connectivity index (χ4n) is 6.96. The second-order valence-corrected chi connectivity index (χ2v) is 9.10. The van der Waals surface area contributed by atoms with Crippen LogP contribution in [0.15, 0.2) is 11.6 Å². The summed E-state index contributed by atoms with van der Waals surface area (Å²) < 4.78 is 0. The molecule has 3 unspecified atom stereocenters. The molecule has 0 radical (unpaired) electrons. The van der Waals surface area contributed by atoms with Gasteiger partial charge in [0.25, 0.3) is 0 Å². The van der Waals surface area contributed by atoms with Crippen LogP contribution in [0.2, 0.25) is 0 Å². The highest BCUT2D eigenvalue weighted by molar-refractivity contribution is 5.26. The van der Waals surface area contributed by atoms with Crippen LogP contribution in [0.1, 0.15) is 65.2 Å². The minimum atomic E-state index is 0.405. The lowest BCUT2D eigenvalue weighted by Gasteiger charge is -2.57. The molecule has 22 heavy (non-hydrogen) atoms. The lowest BCUT2D eigenvalue weighted by molar-refractivity contribution is -0.0345. The predicted octanol–water partition coefficient (Wildman–Crippen LogP) is 4.53. The Kier molecular flexibility index (Phi) is 3.29. The molecule has 0 spiro atoms. The van der Waals surface area contributed by atoms with Crippen LogP contribution in [0.3, 0.4) is 0 Å². The van der Waals surface area contributed by atoms with E-state index in [2.05, 4.69) is 25.8 Å². The fraction of sp³-hybridized carbons (Fsp3) is 0.810. The summed E-state index contributed by atoms with van der Waals surface area (Å²) in [4.78, 5) is 0. The Morgan fingerprint density at radius 3 is 2.73 bits per heavy atom. The van der Waals surface area contributed by atoms with Crippen molar-refractivity contribution in [3.8, 4) is 12.3 Å². The highest BCUT2D eigenvalue weighted by Gasteiger charge is 2.58. The van der Waals surface area contributed by atoms with Crippen molar-refractivity contribution >= 4 is 0 Å². The van der Waals surface area contributed by atoms with Crippen LogP contribution in [-0.2, 0) is 0 Å². The smallest absolute Gasteiger partial charge is 0.0256 e. The molecule has 1 nitrogen and oxygen atoms in total. The molecule has 3 fully saturated rings. The molecule has 0 amide bonds. The summed E-state index contributed by atoms with van der Waals surface area (Å²) >= 11 is 0. The second kappa shape index (κ2) is 4.88. The van der Waals surface area contributed by atoms with Crippen molar-refractivity contribution in [1.29, 1.82) is 0 Å². The third-order valence-corrected chi connectivity index (χ3v) is 8.34. The Morgan fingerprint density at radius 1 is 1.14 bits per heavy atom. The SMILES string of the molecule is C#C[C@H]1CCC2C3CC=C4C[C@H](N)CC[C@]4(C)C3CC[C@@]21C. The van der Waals surface area contributed by atoms with E-state index in [1.807, 2.05) is 0 Å². The first-order valence-corrected chi connectivity index (χ1v) is 9.40. The molecule has 0 bridgehead atoms. The van der Waals surface area contributed by atoms with Gasteiger partial charge in [-0.25, -0.2) is 0 Å². The Bertz CT molecular complexity index is 541. The van der Waals surface area contributed by atoms with Gasteiger partial charge in [-0.05, 0) is 80.0 Å². The van der Waals surface area contributed by atoms with Gasteiger partial charge in [0.2, 0.25) is 0 Å². The lowest BCUT2D eigenvalue weighted by atomic mass is 9.47. The number of fused-ring (bicyclic) bond motifs is 5. The van der Waals surface area contributed by atoms with Gasteiger partial charge in [0.15, 0.2) is 0 Å². The molecule has 0 aromatic rings. The first-order chi connectivity index (χ1) is 10.5. The summed E-state index contributed by atoms with van der Waals surface area (Å²) in [7, 11) is 0. The third kappa shape index (κ3) is 1.83. The maximum absolute atomic E-state index is 6.25. The topological polar surface area (TPSA) is 26.0 Å². The molecule has 0 aliphatic heterocycles. The average molecular weight is 297 g/mol. The normalized spacial score (nSPS) is 53.7. The molecule has 4 rings (SSSR count). The summed E-state index contributed by atoms with van der Waals surface area (Å²) in [6, 6.07) is 0.405. The molecule has 4 aliphatic rings. The van der Waals surface area contributed by atoms with Gasteiger partial charge in [-0.2, -0.15) is 0 Å². The van der Waals surface area contributed by atoms with Crippen LogP contribution in [0.4, 0.5) is 0 Å². The molecule has 1 heteroatoms. The van der Waals surface area contributed by atoms with E-state index in [1.165, 1.54) is 44.9 Å². The van der Waals surface area contributed by atoms with Crippen LogP contribution < -0.4 is 5.73 Å². The molecule has 2 N–H and O–H groups in total. The molecule has 0 aromatic heterocycles. The summed E-state index contributed by atoms with van der Waals surface area (Å²) in [6.45, 7) is 5.06. The average Bonchev–Trinajstić information content (AvgIpc) is 2.84. The van der Waals surface area contributed by atoms with E-state index in [0.717, 1.165) is 24.2 Å². The van der Waals surface area contributed by atoms with E-state index in [9.17, 15) is 0 Å². The number of rotatable bonds is 0. The Hall–Kier alpha value is -0.740.